The minimum Gasteiger partial charge on any atom is -0.356 e. The molecule has 0 fully saturated rings. The average Bonchev–Trinajstić information content (AvgIpc) is 2.59. The van der Waals surface area contributed by atoms with Gasteiger partial charge >= 0.3 is 0 Å². The first-order chi connectivity index (χ1) is 11.6. The van der Waals surface area contributed by atoms with Gasteiger partial charge in [-0.1, -0.05) is 25.1 Å². The predicted octanol–water partition coefficient (Wildman–Crippen LogP) is 1.42. The minimum atomic E-state index is -0.0674. The van der Waals surface area contributed by atoms with Gasteiger partial charge in [-0.25, -0.2) is 0 Å². The molecule has 8 heteroatoms. The van der Waals surface area contributed by atoms with Crippen molar-refractivity contribution in [3.8, 4) is 0 Å². The number of amides is 2. The third-order valence-corrected chi connectivity index (χ3v) is 3.83. The summed E-state index contributed by atoms with van der Waals surface area (Å²) in [5.74, 6) is 0.567. The van der Waals surface area contributed by atoms with Crippen LogP contribution in [0.4, 0.5) is 5.69 Å². The normalized spacial score (nSPS) is 16.2. The summed E-state index contributed by atoms with van der Waals surface area (Å²) in [6.07, 6.45) is 1.33. The third kappa shape index (κ3) is 6.52. The Balaban J connectivity index is 0.00000312. The smallest absolute Gasteiger partial charge is 0.239 e. The molecule has 4 N–H and O–H groups in total. The van der Waals surface area contributed by atoms with Crippen molar-refractivity contribution in [2.75, 3.05) is 32.0 Å². The van der Waals surface area contributed by atoms with Crippen LogP contribution in [0.25, 0.3) is 0 Å². The fourth-order valence-corrected chi connectivity index (χ4v) is 2.62. The van der Waals surface area contributed by atoms with Gasteiger partial charge in [-0.05, 0) is 18.1 Å². The SMILES string of the molecule is CCCNC(=O)CNC(=NC)NCC1CC(=O)Nc2ccccc21.I. The van der Waals surface area contributed by atoms with Crippen LogP contribution in [0.2, 0.25) is 0 Å². The number of para-hydroxylation sites is 1. The second kappa shape index (κ2) is 10.9. The number of carbonyl (C=O) groups is 2. The first kappa shape index (κ1) is 21.2. The van der Waals surface area contributed by atoms with Crippen LogP contribution >= 0.6 is 24.0 Å². The zero-order valence-corrected chi connectivity index (χ0v) is 16.9. The summed E-state index contributed by atoms with van der Waals surface area (Å²) in [4.78, 5) is 27.6. The molecule has 0 radical (unpaired) electrons. The van der Waals surface area contributed by atoms with Crippen LogP contribution in [0.1, 0.15) is 31.2 Å². The van der Waals surface area contributed by atoms with Gasteiger partial charge < -0.3 is 21.3 Å². The largest absolute Gasteiger partial charge is 0.356 e. The molecule has 0 aromatic heterocycles. The number of carbonyl (C=O) groups excluding carboxylic acids is 2. The Morgan fingerprint density at radius 1 is 1.28 bits per heavy atom. The molecule has 1 heterocycles. The van der Waals surface area contributed by atoms with Crippen LogP contribution in [0.5, 0.6) is 0 Å². The Hall–Kier alpha value is -1.84. The van der Waals surface area contributed by atoms with Crippen LogP contribution in [-0.2, 0) is 9.59 Å². The first-order valence-electron chi connectivity index (χ1n) is 8.24. The van der Waals surface area contributed by atoms with Crippen molar-refractivity contribution in [1.29, 1.82) is 0 Å². The zero-order chi connectivity index (χ0) is 17.4. The van der Waals surface area contributed by atoms with Gasteiger partial charge in [0, 0.05) is 38.2 Å². The van der Waals surface area contributed by atoms with Crippen LogP contribution in [0.3, 0.4) is 0 Å². The number of aliphatic imine (C=N–C) groups is 1. The monoisotopic (exact) mass is 459 g/mol. The summed E-state index contributed by atoms with van der Waals surface area (Å²) >= 11 is 0. The maximum Gasteiger partial charge on any atom is 0.239 e. The van der Waals surface area contributed by atoms with Gasteiger partial charge in [0.2, 0.25) is 11.8 Å². The van der Waals surface area contributed by atoms with E-state index in [-0.39, 0.29) is 48.3 Å². The molecule has 138 valence electrons. The molecule has 1 atom stereocenters. The van der Waals surface area contributed by atoms with Crippen molar-refractivity contribution >= 4 is 47.4 Å². The fraction of sp³-hybridized carbons (Fsp3) is 0.471. The minimum absolute atomic E-state index is 0. The van der Waals surface area contributed by atoms with Crippen LogP contribution in [0, 0.1) is 0 Å². The lowest BCUT2D eigenvalue weighted by Gasteiger charge is -2.26. The quantitative estimate of drug-likeness (QED) is 0.294. The third-order valence-electron chi connectivity index (χ3n) is 3.83. The fourth-order valence-electron chi connectivity index (χ4n) is 2.62. The molecule has 7 nitrogen and oxygen atoms in total. The van der Waals surface area contributed by atoms with E-state index in [4.69, 9.17) is 0 Å². The van der Waals surface area contributed by atoms with Gasteiger partial charge in [0.25, 0.3) is 0 Å². The first-order valence-corrected chi connectivity index (χ1v) is 8.24. The van der Waals surface area contributed by atoms with E-state index in [1.807, 2.05) is 31.2 Å². The zero-order valence-electron chi connectivity index (χ0n) is 14.6. The molecule has 2 amide bonds. The average molecular weight is 459 g/mol. The Kier molecular flexibility index (Phi) is 9.25. The van der Waals surface area contributed by atoms with Crippen LogP contribution < -0.4 is 21.3 Å². The van der Waals surface area contributed by atoms with Crippen LogP contribution in [-0.4, -0.2) is 44.5 Å². The van der Waals surface area contributed by atoms with Gasteiger partial charge in [0.05, 0.1) is 6.54 Å². The van der Waals surface area contributed by atoms with Crippen molar-refractivity contribution in [1.82, 2.24) is 16.0 Å². The van der Waals surface area contributed by atoms with E-state index < -0.39 is 0 Å². The number of nitrogens with one attached hydrogen (secondary N) is 4. The number of rotatable bonds is 6. The number of hydrogen-bond donors (Lipinski definition) is 4. The summed E-state index contributed by atoms with van der Waals surface area (Å²) < 4.78 is 0. The van der Waals surface area contributed by atoms with Crippen molar-refractivity contribution < 1.29 is 9.59 Å². The number of benzene rings is 1. The highest BCUT2D eigenvalue weighted by molar-refractivity contribution is 14.0. The Bertz CT molecular complexity index is 621. The molecule has 0 bridgehead atoms. The van der Waals surface area contributed by atoms with Crippen molar-refractivity contribution in [3.63, 3.8) is 0 Å². The summed E-state index contributed by atoms with van der Waals surface area (Å²) in [5.41, 5.74) is 1.98. The van der Waals surface area contributed by atoms with Gasteiger partial charge in [0.1, 0.15) is 0 Å². The number of halogens is 1. The maximum absolute atomic E-state index is 11.8. The summed E-state index contributed by atoms with van der Waals surface area (Å²) in [7, 11) is 1.65. The standard InChI is InChI=1S/C17H25N5O2.HI/c1-3-8-19-16(24)11-21-17(18-2)20-10-12-9-15(23)22-14-7-5-4-6-13(12)14;/h4-7,12H,3,8-11H2,1-2H3,(H,19,24)(H,22,23)(H2,18,20,21);1H. The highest BCUT2D eigenvalue weighted by Crippen LogP contribution is 2.31. The van der Waals surface area contributed by atoms with Gasteiger partial charge in [-0.2, -0.15) is 0 Å². The molecular weight excluding hydrogens is 433 g/mol. The molecule has 0 saturated heterocycles. The molecule has 2 rings (SSSR count). The molecule has 1 aliphatic rings. The Morgan fingerprint density at radius 3 is 2.76 bits per heavy atom. The van der Waals surface area contributed by atoms with E-state index in [9.17, 15) is 9.59 Å². The van der Waals surface area contributed by atoms with E-state index in [2.05, 4.69) is 26.3 Å². The number of nitrogens with zero attached hydrogens (tertiary/aromatic N) is 1. The van der Waals surface area contributed by atoms with Gasteiger partial charge in [-0.3, -0.25) is 14.6 Å². The van der Waals surface area contributed by atoms with E-state index in [0.717, 1.165) is 17.7 Å². The Morgan fingerprint density at radius 2 is 2.04 bits per heavy atom. The van der Waals surface area contributed by atoms with Crippen molar-refractivity contribution in [2.45, 2.75) is 25.7 Å². The second-order valence-electron chi connectivity index (χ2n) is 5.69. The molecule has 25 heavy (non-hydrogen) atoms. The maximum atomic E-state index is 11.8. The number of hydrogen-bond acceptors (Lipinski definition) is 3. The summed E-state index contributed by atoms with van der Waals surface area (Å²) in [6.45, 7) is 3.41. The number of guanidine groups is 1. The molecule has 1 aliphatic heterocycles. The molecule has 0 aliphatic carbocycles. The van der Waals surface area contributed by atoms with Crippen molar-refractivity contribution in [2.24, 2.45) is 4.99 Å². The van der Waals surface area contributed by atoms with E-state index in [1.54, 1.807) is 7.05 Å². The molecule has 0 saturated carbocycles. The molecule has 1 aromatic carbocycles. The molecule has 0 spiro atoms. The van der Waals surface area contributed by atoms with Gasteiger partial charge in [0.15, 0.2) is 5.96 Å². The lowest BCUT2D eigenvalue weighted by molar-refractivity contribution is -0.120. The van der Waals surface area contributed by atoms with Crippen molar-refractivity contribution in [3.05, 3.63) is 29.8 Å². The Labute approximate surface area is 165 Å². The highest BCUT2D eigenvalue weighted by atomic mass is 127. The number of fused-ring (bicyclic) bond motifs is 1. The lowest BCUT2D eigenvalue weighted by Crippen LogP contribution is -2.44. The molecule has 1 aromatic rings. The van der Waals surface area contributed by atoms with E-state index in [1.165, 1.54) is 0 Å². The van der Waals surface area contributed by atoms with E-state index in [0.29, 0.717) is 25.5 Å². The molecule has 1 unspecified atom stereocenters. The topological polar surface area (TPSA) is 94.6 Å². The predicted molar refractivity (Wildman–Crippen MR) is 111 cm³/mol. The van der Waals surface area contributed by atoms with Crippen LogP contribution in [0.15, 0.2) is 29.3 Å². The summed E-state index contributed by atoms with van der Waals surface area (Å²) in [6, 6.07) is 7.80. The second-order valence-corrected chi connectivity index (χ2v) is 5.69. The number of anilines is 1. The highest BCUT2D eigenvalue weighted by Gasteiger charge is 2.24. The summed E-state index contributed by atoms with van der Waals surface area (Å²) in [5, 5.41) is 11.9. The van der Waals surface area contributed by atoms with Gasteiger partial charge in [-0.15, -0.1) is 24.0 Å². The van der Waals surface area contributed by atoms with E-state index >= 15 is 0 Å². The molecular formula is C17H26IN5O2. The lowest BCUT2D eigenvalue weighted by atomic mass is 9.90.